The summed E-state index contributed by atoms with van der Waals surface area (Å²) in [6.45, 7) is 5.37. The summed E-state index contributed by atoms with van der Waals surface area (Å²) in [5.74, 6) is -0.186. The van der Waals surface area contributed by atoms with Crippen LogP contribution >= 0.6 is 0 Å². The van der Waals surface area contributed by atoms with Crippen molar-refractivity contribution in [1.29, 1.82) is 0 Å². The minimum atomic E-state index is -0.357. The zero-order valence-corrected chi connectivity index (χ0v) is 12.4. The van der Waals surface area contributed by atoms with Gasteiger partial charge in [-0.1, -0.05) is 6.07 Å². The van der Waals surface area contributed by atoms with E-state index in [2.05, 4.69) is 4.90 Å². The van der Waals surface area contributed by atoms with Crippen molar-refractivity contribution < 1.29 is 14.5 Å². The highest BCUT2D eigenvalue weighted by Gasteiger charge is 2.26. The van der Waals surface area contributed by atoms with Crippen molar-refractivity contribution in [1.82, 2.24) is 0 Å². The first kappa shape index (κ1) is 15.3. The third-order valence-corrected chi connectivity index (χ3v) is 3.87. The zero-order valence-electron chi connectivity index (χ0n) is 12.4. The monoisotopic (exact) mass is 292 g/mol. The molecule has 1 heterocycles. The molecule has 0 N–H and O–H groups in total. The smallest absolute Gasteiger partial charge is 0.309 e. The summed E-state index contributed by atoms with van der Waals surface area (Å²) in [6.07, 6.45) is 1.45. The topological polar surface area (TPSA) is 72.7 Å². The molecular weight excluding hydrogens is 272 g/mol. The second-order valence-electron chi connectivity index (χ2n) is 5.24. The maximum absolute atomic E-state index is 11.7. The summed E-state index contributed by atoms with van der Waals surface area (Å²) in [4.78, 5) is 24.4. The molecule has 1 saturated heterocycles. The number of carbonyl (C=O) groups is 1. The lowest BCUT2D eigenvalue weighted by molar-refractivity contribution is -0.385. The molecule has 0 bridgehead atoms. The van der Waals surface area contributed by atoms with Gasteiger partial charge in [0.05, 0.1) is 17.4 Å². The van der Waals surface area contributed by atoms with E-state index < -0.39 is 0 Å². The molecule has 2 rings (SSSR count). The number of aryl methyl sites for hydroxylation is 1. The van der Waals surface area contributed by atoms with Gasteiger partial charge in [-0.2, -0.15) is 0 Å². The molecular formula is C15H20N2O4. The van der Waals surface area contributed by atoms with Crippen LogP contribution in [-0.2, 0) is 9.53 Å². The van der Waals surface area contributed by atoms with Gasteiger partial charge in [-0.3, -0.25) is 14.9 Å². The van der Waals surface area contributed by atoms with E-state index in [9.17, 15) is 14.9 Å². The largest absolute Gasteiger partial charge is 0.466 e. The molecule has 6 heteroatoms. The van der Waals surface area contributed by atoms with Gasteiger partial charge >= 0.3 is 5.97 Å². The molecule has 0 atom stereocenters. The summed E-state index contributed by atoms with van der Waals surface area (Å²) in [5.41, 5.74) is 1.64. The second kappa shape index (κ2) is 6.56. The van der Waals surface area contributed by atoms with Crippen molar-refractivity contribution in [3.8, 4) is 0 Å². The van der Waals surface area contributed by atoms with Crippen molar-refractivity contribution in [2.45, 2.75) is 26.7 Å². The number of hydrogen-bond acceptors (Lipinski definition) is 5. The number of nitro groups is 1. The second-order valence-corrected chi connectivity index (χ2v) is 5.24. The first-order valence-corrected chi connectivity index (χ1v) is 7.19. The number of piperidine rings is 1. The third kappa shape index (κ3) is 3.51. The lowest BCUT2D eigenvalue weighted by Crippen LogP contribution is -2.37. The van der Waals surface area contributed by atoms with E-state index in [0.29, 0.717) is 25.3 Å². The summed E-state index contributed by atoms with van der Waals surface area (Å²) < 4.78 is 5.04. The number of carbonyl (C=O) groups excluding carboxylic acids is 1. The molecule has 1 aliphatic rings. The lowest BCUT2D eigenvalue weighted by atomic mass is 9.96. The predicted molar refractivity (Wildman–Crippen MR) is 79.4 cm³/mol. The number of nitro benzene ring substituents is 1. The molecule has 1 aliphatic heterocycles. The van der Waals surface area contributed by atoms with Gasteiger partial charge in [-0.05, 0) is 32.8 Å². The van der Waals surface area contributed by atoms with Gasteiger partial charge in [-0.15, -0.1) is 0 Å². The average Bonchev–Trinajstić information content (AvgIpc) is 2.48. The van der Waals surface area contributed by atoms with E-state index >= 15 is 0 Å². The number of ether oxygens (including phenoxy) is 1. The van der Waals surface area contributed by atoms with Gasteiger partial charge in [0.25, 0.3) is 5.69 Å². The quantitative estimate of drug-likeness (QED) is 0.484. The minimum Gasteiger partial charge on any atom is -0.466 e. The van der Waals surface area contributed by atoms with Gasteiger partial charge in [0.1, 0.15) is 0 Å². The highest BCUT2D eigenvalue weighted by molar-refractivity contribution is 5.73. The fourth-order valence-corrected chi connectivity index (χ4v) is 2.62. The highest BCUT2D eigenvalue weighted by Crippen LogP contribution is 2.28. The predicted octanol–water partition coefficient (Wildman–Crippen LogP) is 2.68. The number of rotatable bonds is 4. The third-order valence-electron chi connectivity index (χ3n) is 3.87. The average molecular weight is 292 g/mol. The normalized spacial score (nSPS) is 15.8. The lowest BCUT2D eigenvalue weighted by Gasteiger charge is -2.32. The molecule has 0 aromatic heterocycles. The van der Waals surface area contributed by atoms with Crippen molar-refractivity contribution in [2.75, 3.05) is 24.6 Å². The van der Waals surface area contributed by atoms with E-state index in [4.69, 9.17) is 4.74 Å². The Kier molecular flexibility index (Phi) is 4.77. The first-order chi connectivity index (χ1) is 10.0. The molecule has 1 aromatic rings. The summed E-state index contributed by atoms with van der Waals surface area (Å²) in [6, 6.07) is 5.28. The fourth-order valence-electron chi connectivity index (χ4n) is 2.62. The van der Waals surface area contributed by atoms with Crippen LogP contribution < -0.4 is 4.90 Å². The van der Waals surface area contributed by atoms with E-state index in [-0.39, 0.29) is 22.5 Å². The molecule has 0 unspecified atom stereocenters. The van der Waals surface area contributed by atoms with E-state index in [1.807, 2.05) is 6.07 Å². The number of esters is 1. The molecule has 0 radical (unpaired) electrons. The van der Waals surface area contributed by atoms with Crippen LogP contribution in [0.15, 0.2) is 18.2 Å². The number of anilines is 1. The van der Waals surface area contributed by atoms with Crippen LogP contribution in [0.5, 0.6) is 0 Å². The van der Waals surface area contributed by atoms with Crippen molar-refractivity contribution in [2.24, 2.45) is 5.92 Å². The first-order valence-electron chi connectivity index (χ1n) is 7.19. The Labute approximate surface area is 123 Å². The summed E-state index contributed by atoms with van der Waals surface area (Å²) in [5, 5.41) is 11.0. The molecule has 21 heavy (non-hydrogen) atoms. The molecule has 1 aromatic carbocycles. The molecule has 114 valence electrons. The van der Waals surface area contributed by atoms with Crippen LogP contribution in [-0.4, -0.2) is 30.6 Å². The number of benzene rings is 1. The fraction of sp³-hybridized carbons (Fsp3) is 0.533. The van der Waals surface area contributed by atoms with Crippen molar-refractivity contribution in [3.05, 3.63) is 33.9 Å². The Morgan fingerprint density at radius 2 is 2.10 bits per heavy atom. The Morgan fingerprint density at radius 1 is 1.43 bits per heavy atom. The van der Waals surface area contributed by atoms with Crippen LogP contribution in [0.3, 0.4) is 0 Å². The zero-order chi connectivity index (χ0) is 15.4. The van der Waals surface area contributed by atoms with Crippen molar-refractivity contribution in [3.63, 3.8) is 0 Å². The molecule has 1 fully saturated rings. The van der Waals surface area contributed by atoms with Crippen LogP contribution in [0.25, 0.3) is 0 Å². The molecule has 0 amide bonds. The van der Waals surface area contributed by atoms with Crippen LogP contribution in [0.2, 0.25) is 0 Å². The SMILES string of the molecule is CCOC(=O)C1CCN(c2ccc(C)c([N+](=O)[O-])c2)CC1. The van der Waals surface area contributed by atoms with Crippen LogP contribution in [0, 0.1) is 23.0 Å². The molecule has 6 nitrogen and oxygen atoms in total. The van der Waals surface area contributed by atoms with Gasteiger partial charge in [-0.25, -0.2) is 0 Å². The molecule has 0 aliphatic carbocycles. The Bertz CT molecular complexity index is 536. The van der Waals surface area contributed by atoms with Crippen LogP contribution in [0.1, 0.15) is 25.3 Å². The molecule has 0 saturated carbocycles. The Hall–Kier alpha value is -2.11. The maximum atomic E-state index is 11.7. The standard InChI is InChI=1S/C15H20N2O4/c1-3-21-15(18)12-6-8-16(9-7-12)13-5-4-11(2)14(10-13)17(19)20/h4-5,10,12H,3,6-9H2,1-2H3. The minimum absolute atomic E-state index is 0.0540. The highest BCUT2D eigenvalue weighted by atomic mass is 16.6. The number of hydrogen-bond donors (Lipinski definition) is 0. The van der Waals surface area contributed by atoms with E-state index in [0.717, 1.165) is 18.5 Å². The van der Waals surface area contributed by atoms with Gasteiger partial charge < -0.3 is 9.64 Å². The van der Waals surface area contributed by atoms with Gasteiger partial charge in [0.2, 0.25) is 0 Å². The molecule has 0 spiro atoms. The Morgan fingerprint density at radius 3 is 2.67 bits per heavy atom. The van der Waals surface area contributed by atoms with E-state index in [1.165, 1.54) is 0 Å². The van der Waals surface area contributed by atoms with Crippen LogP contribution in [0.4, 0.5) is 11.4 Å². The summed E-state index contributed by atoms with van der Waals surface area (Å²) in [7, 11) is 0. The van der Waals surface area contributed by atoms with Gasteiger partial charge in [0.15, 0.2) is 0 Å². The van der Waals surface area contributed by atoms with Crippen molar-refractivity contribution >= 4 is 17.3 Å². The summed E-state index contributed by atoms with van der Waals surface area (Å²) >= 11 is 0. The Balaban J connectivity index is 2.04. The van der Waals surface area contributed by atoms with Gasteiger partial charge in [0, 0.05) is 30.4 Å². The maximum Gasteiger partial charge on any atom is 0.309 e. The van der Waals surface area contributed by atoms with E-state index in [1.54, 1.807) is 26.0 Å². The number of nitrogens with zero attached hydrogens (tertiary/aromatic N) is 2.